The van der Waals surface area contributed by atoms with Gasteiger partial charge in [0, 0.05) is 23.1 Å². The van der Waals surface area contributed by atoms with Crippen molar-refractivity contribution >= 4 is 39.0 Å². The molecule has 3 rings (SSSR count). The second kappa shape index (κ2) is 6.49. The molecule has 3 aromatic heterocycles. The maximum atomic E-state index is 12.5. The third kappa shape index (κ3) is 3.57. The normalized spacial score (nSPS) is 11.5. The maximum absolute atomic E-state index is 12.5. The van der Waals surface area contributed by atoms with Gasteiger partial charge in [0.25, 0.3) is 5.91 Å². The van der Waals surface area contributed by atoms with Gasteiger partial charge in [-0.15, -0.1) is 11.3 Å². The van der Waals surface area contributed by atoms with Gasteiger partial charge in [0.1, 0.15) is 5.82 Å². The summed E-state index contributed by atoms with van der Waals surface area (Å²) >= 11 is 4.85. The van der Waals surface area contributed by atoms with Crippen LogP contribution in [0.4, 0.5) is 5.82 Å². The zero-order valence-electron chi connectivity index (χ0n) is 13.6. The predicted octanol–water partition coefficient (Wildman–Crippen LogP) is 4.64. The van der Waals surface area contributed by atoms with Gasteiger partial charge >= 0.3 is 0 Å². The van der Waals surface area contributed by atoms with Crippen molar-refractivity contribution in [2.75, 3.05) is 5.32 Å². The number of hydrogen-bond acceptors (Lipinski definition) is 4. The van der Waals surface area contributed by atoms with Crippen LogP contribution in [0.25, 0.3) is 5.82 Å². The van der Waals surface area contributed by atoms with Gasteiger partial charge in [0.05, 0.1) is 15.0 Å². The molecule has 0 saturated carbocycles. The average molecular weight is 405 g/mol. The monoisotopic (exact) mass is 404 g/mol. The number of halogens is 1. The number of carbonyl (C=O) groups is 1. The number of hydrogen-bond donors (Lipinski definition) is 1. The number of carbonyl (C=O) groups excluding carboxylic acids is 1. The van der Waals surface area contributed by atoms with Crippen molar-refractivity contribution in [2.45, 2.75) is 26.2 Å². The highest BCUT2D eigenvalue weighted by Gasteiger charge is 2.22. The smallest absolute Gasteiger partial charge is 0.257 e. The summed E-state index contributed by atoms with van der Waals surface area (Å²) in [6.07, 6.45) is 1.70. The first-order valence-corrected chi connectivity index (χ1v) is 9.09. The SMILES string of the molecule is CC(C)(C)c1cc(NC(=O)c2csc(Br)c2)n(-c2ccccn2)n1. The Kier molecular flexibility index (Phi) is 4.56. The molecule has 0 fully saturated rings. The van der Waals surface area contributed by atoms with Crippen molar-refractivity contribution in [3.63, 3.8) is 0 Å². The van der Waals surface area contributed by atoms with Crippen molar-refractivity contribution in [1.29, 1.82) is 0 Å². The van der Waals surface area contributed by atoms with E-state index in [1.807, 2.05) is 29.6 Å². The number of nitrogens with one attached hydrogen (secondary N) is 1. The Morgan fingerprint density at radius 3 is 2.67 bits per heavy atom. The summed E-state index contributed by atoms with van der Waals surface area (Å²) in [4.78, 5) is 16.8. The topological polar surface area (TPSA) is 59.8 Å². The number of nitrogens with zero attached hydrogens (tertiary/aromatic N) is 3. The summed E-state index contributed by atoms with van der Waals surface area (Å²) in [5.41, 5.74) is 1.36. The number of anilines is 1. The van der Waals surface area contributed by atoms with E-state index in [-0.39, 0.29) is 11.3 Å². The molecule has 0 aliphatic carbocycles. The van der Waals surface area contributed by atoms with E-state index in [1.54, 1.807) is 16.9 Å². The molecule has 1 amide bonds. The number of amides is 1. The first kappa shape index (κ1) is 16.9. The summed E-state index contributed by atoms with van der Waals surface area (Å²) in [5, 5.41) is 9.39. The fraction of sp³-hybridized carbons (Fsp3) is 0.235. The fourth-order valence-corrected chi connectivity index (χ4v) is 3.24. The molecular formula is C17H17BrN4OS. The zero-order chi connectivity index (χ0) is 17.3. The summed E-state index contributed by atoms with van der Waals surface area (Å²) < 4.78 is 2.58. The fourth-order valence-electron chi connectivity index (χ4n) is 2.11. The first-order chi connectivity index (χ1) is 11.3. The third-order valence-electron chi connectivity index (χ3n) is 3.42. The van der Waals surface area contributed by atoms with E-state index in [4.69, 9.17) is 0 Å². The zero-order valence-corrected chi connectivity index (χ0v) is 16.0. The minimum Gasteiger partial charge on any atom is -0.306 e. The molecule has 3 aromatic rings. The molecule has 0 atom stereocenters. The minimum atomic E-state index is -0.172. The van der Waals surface area contributed by atoms with E-state index >= 15 is 0 Å². The molecule has 24 heavy (non-hydrogen) atoms. The molecule has 0 aliphatic heterocycles. The lowest BCUT2D eigenvalue weighted by atomic mass is 9.92. The highest BCUT2D eigenvalue weighted by Crippen LogP contribution is 2.27. The largest absolute Gasteiger partial charge is 0.306 e. The highest BCUT2D eigenvalue weighted by molar-refractivity contribution is 9.11. The van der Waals surface area contributed by atoms with Crippen LogP contribution in [-0.2, 0) is 5.41 Å². The van der Waals surface area contributed by atoms with Crippen molar-refractivity contribution in [2.24, 2.45) is 0 Å². The van der Waals surface area contributed by atoms with Crippen LogP contribution in [0.3, 0.4) is 0 Å². The van der Waals surface area contributed by atoms with Crippen molar-refractivity contribution in [1.82, 2.24) is 14.8 Å². The number of thiophene rings is 1. The Morgan fingerprint density at radius 1 is 1.29 bits per heavy atom. The number of pyridine rings is 1. The molecule has 0 saturated heterocycles. The van der Waals surface area contributed by atoms with Crippen LogP contribution in [0, 0.1) is 0 Å². The Hall–Kier alpha value is -1.99. The van der Waals surface area contributed by atoms with Gasteiger partial charge in [0.2, 0.25) is 0 Å². The third-order valence-corrected chi connectivity index (χ3v) is 4.92. The standard InChI is InChI=1S/C17H17BrN4OS/c1-17(2,3)12-9-15(20-16(23)11-8-13(18)24-10-11)22(21-12)14-6-4-5-7-19-14/h4-10H,1-3H3,(H,20,23). The van der Waals surface area contributed by atoms with Crippen LogP contribution in [-0.4, -0.2) is 20.7 Å². The summed E-state index contributed by atoms with van der Waals surface area (Å²) in [7, 11) is 0. The first-order valence-electron chi connectivity index (χ1n) is 7.42. The van der Waals surface area contributed by atoms with Gasteiger partial charge in [-0.25, -0.2) is 4.98 Å². The number of rotatable bonds is 3. The lowest BCUT2D eigenvalue weighted by molar-refractivity contribution is 0.102. The molecule has 3 heterocycles. The second-order valence-electron chi connectivity index (χ2n) is 6.36. The van der Waals surface area contributed by atoms with E-state index in [2.05, 4.69) is 52.1 Å². The van der Waals surface area contributed by atoms with E-state index < -0.39 is 0 Å². The van der Waals surface area contributed by atoms with Crippen molar-refractivity contribution in [3.05, 3.63) is 57.0 Å². The van der Waals surface area contributed by atoms with Gasteiger partial charge in [-0.1, -0.05) is 26.8 Å². The van der Waals surface area contributed by atoms with E-state index in [0.29, 0.717) is 17.2 Å². The van der Waals surface area contributed by atoms with Crippen LogP contribution in [0.2, 0.25) is 0 Å². The molecule has 7 heteroatoms. The Balaban J connectivity index is 1.99. The Bertz CT molecular complexity index is 864. The molecule has 1 N–H and O–H groups in total. The average Bonchev–Trinajstić information content (AvgIpc) is 3.14. The maximum Gasteiger partial charge on any atom is 0.257 e. The molecule has 0 bridgehead atoms. The van der Waals surface area contributed by atoms with E-state index in [1.165, 1.54) is 11.3 Å². The Morgan fingerprint density at radius 2 is 2.08 bits per heavy atom. The van der Waals surface area contributed by atoms with Crippen LogP contribution in [0.1, 0.15) is 36.8 Å². The van der Waals surface area contributed by atoms with Gasteiger partial charge in [-0.2, -0.15) is 9.78 Å². The highest BCUT2D eigenvalue weighted by atomic mass is 79.9. The molecular weight excluding hydrogens is 388 g/mol. The lowest BCUT2D eigenvalue weighted by Crippen LogP contribution is -2.15. The quantitative estimate of drug-likeness (QED) is 0.691. The second-order valence-corrected chi connectivity index (χ2v) is 8.65. The van der Waals surface area contributed by atoms with Gasteiger partial charge in [0.15, 0.2) is 5.82 Å². The number of aromatic nitrogens is 3. The van der Waals surface area contributed by atoms with Crippen LogP contribution in [0.5, 0.6) is 0 Å². The van der Waals surface area contributed by atoms with E-state index in [9.17, 15) is 4.79 Å². The lowest BCUT2D eigenvalue weighted by Gasteiger charge is -2.13. The molecule has 0 aromatic carbocycles. The van der Waals surface area contributed by atoms with Gasteiger partial charge in [-0.05, 0) is 34.1 Å². The molecule has 124 valence electrons. The molecule has 0 radical (unpaired) electrons. The molecule has 5 nitrogen and oxygen atoms in total. The summed E-state index contributed by atoms with van der Waals surface area (Å²) in [6, 6.07) is 9.29. The van der Waals surface area contributed by atoms with Crippen molar-refractivity contribution in [3.8, 4) is 5.82 Å². The van der Waals surface area contributed by atoms with E-state index in [0.717, 1.165) is 9.48 Å². The van der Waals surface area contributed by atoms with Crippen LogP contribution < -0.4 is 5.32 Å². The molecule has 0 unspecified atom stereocenters. The van der Waals surface area contributed by atoms with Crippen LogP contribution in [0.15, 0.2) is 45.7 Å². The molecule has 0 spiro atoms. The molecule has 0 aliphatic rings. The predicted molar refractivity (Wildman–Crippen MR) is 100 cm³/mol. The van der Waals surface area contributed by atoms with Crippen LogP contribution >= 0.6 is 27.3 Å². The van der Waals surface area contributed by atoms with Gasteiger partial charge in [-0.3, -0.25) is 4.79 Å². The minimum absolute atomic E-state index is 0.134. The van der Waals surface area contributed by atoms with Gasteiger partial charge < -0.3 is 5.32 Å². The Labute approximate surface area is 152 Å². The summed E-state index contributed by atoms with van der Waals surface area (Å²) in [5.74, 6) is 1.09. The van der Waals surface area contributed by atoms with Crippen molar-refractivity contribution < 1.29 is 4.79 Å². The summed E-state index contributed by atoms with van der Waals surface area (Å²) in [6.45, 7) is 6.25.